The number of rotatable bonds is 3. The number of hydrogen-bond acceptors (Lipinski definition) is 2. The van der Waals surface area contributed by atoms with Crippen LogP contribution in [0.25, 0.3) is 0 Å². The zero-order valence-electron chi connectivity index (χ0n) is 8.37. The van der Waals surface area contributed by atoms with Crippen LogP contribution in [-0.2, 0) is 11.8 Å². The standard InChI is InChI=1S/C10H14NO2.HI/c1-3-8-13-10(12)9-4-6-11(2)7-5-9;/h4-7H,3,8H2,1-2H3;1H/q+1;/p-1. The van der Waals surface area contributed by atoms with Crippen LogP contribution < -0.4 is 28.5 Å². The molecule has 14 heavy (non-hydrogen) atoms. The molecule has 1 rings (SSSR count). The van der Waals surface area contributed by atoms with Gasteiger partial charge in [0.15, 0.2) is 12.4 Å². The second-order valence-electron chi connectivity index (χ2n) is 2.89. The van der Waals surface area contributed by atoms with E-state index in [9.17, 15) is 4.79 Å². The molecule has 4 heteroatoms. The van der Waals surface area contributed by atoms with Crippen molar-refractivity contribution in [1.82, 2.24) is 0 Å². The Balaban J connectivity index is 0.00000169. The van der Waals surface area contributed by atoms with Crippen molar-refractivity contribution in [2.45, 2.75) is 13.3 Å². The molecule has 0 saturated heterocycles. The third-order valence-electron chi connectivity index (χ3n) is 1.65. The molecule has 0 unspecified atom stereocenters. The summed E-state index contributed by atoms with van der Waals surface area (Å²) < 4.78 is 6.84. The van der Waals surface area contributed by atoms with Gasteiger partial charge in [0.1, 0.15) is 7.05 Å². The molecule has 0 fully saturated rings. The van der Waals surface area contributed by atoms with Gasteiger partial charge in [0.25, 0.3) is 0 Å². The largest absolute Gasteiger partial charge is 1.00 e. The van der Waals surface area contributed by atoms with E-state index >= 15 is 0 Å². The van der Waals surface area contributed by atoms with E-state index in [1.165, 1.54) is 0 Å². The van der Waals surface area contributed by atoms with Crippen LogP contribution in [0.2, 0.25) is 0 Å². The van der Waals surface area contributed by atoms with Crippen LogP contribution in [0.4, 0.5) is 0 Å². The van der Waals surface area contributed by atoms with Crippen LogP contribution in [0, 0.1) is 0 Å². The zero-order valence-corrected chi connectivity index (χ0v) is 10.5. The number of ether oxygens (including phenoxy) is 1. The van der Waals surface area contributed by atoms with Crippen molar-refractivity contribution in [3.63, 3.8) is 0 Å². The lowest BCUT2D eigenvalue weighted by molar-refractivity contribution is -0.671. The first-order chi connectivity index (χ1) is 6.24. The zero-order chi connectivity index (χ0) is 9.68. The van der Waals surface area contributed by atoms with Gasteiger partial charge in [-0.1, -0.05) is 6.92 Å². The molecule has 1 aromatic rings. The number of aromatic nitrogens is 1. The summed E-state index contributed by atoms with van der Waals surface area (Å²) in [5.41, 5.74) is 0.603. The van der Waals surface area contributed by atoms with Gasteiger partial charge in [0.2, 0.25) is 0 Å². The second-order valence-corrected chi connectivity index (χ2v) is 2.89. The Morgan fingerprint density at radius 2 is 2.00 bits per heavy atom. The lowest BCUT2D eigenvalue weighted by atomic mass is 10.3. The molecule has 0 N–H and O–H groups in total. The highest BCUT2D eigenvalue weighted by atomic mass is 127. The van der Waals surface area contributed by atoms with Crippen LogP contribution in [0.5, 0.6) is 0 Å². The van der Waals surface area contributed by atoms with E-state index in [4.69, 9.17) is 4.74 Å². The van der Waals surface area contributed by atoms with E-state index in [1.807, 2.05) is 30.9 Å². The molecule has 1 heterocycles. The average Bonchev–Trinajstić information content (AvgIpc) is 2.15. The number of hydrogen-bond donors (Lipinski definition) is 0. The number of carbonyl (C=O) groups is 1. The monoisotopic (exact) mass is 307 g/mol. The highest BCUT2D eigenvalue weighted by molar-refractivity contribution is 5.88. The summed E-state index contributed by atoms with van der Waals surface area (Å²) in [6.07, 6.45) is 4.50. The second kappa shape index (κ2) is 6.75. The molecule has 1 aromatic heterocycles. The number of esters is 1. The van der Waals surface area contributed by atoms with Gasteiger partial charge in [-0.3, -0.25) is 0 Å². The molecule has 0 aliphatic heterocycles. The van der Waals surface area contributed by atoms with Gasteiger partial charge in [-0.2, -0.15) is 0 Å². The summed E-state index contributed by atoms with van der Waals surface area (Å²) in [7, 11) is 1.90. The first kappa shape index (κ1) is 13.4. The normalized spacial score (nSPS) is 9.00. The summed E-state index contributed by atoms with van der Waals surface area (Å²) in [6, 6.07) is 3.50. The smallest absolute Gasteiger partial charge is 0.338 e. The van der Waals surface area contributed by atoms with Crippen LogP contribution in [-0.4, -0.2) is 12.6 Å². The summed E-state index contributed by atoms with van der Waals surface area (Å²) in [6.45, 7) is 2.46. The number of nitrogens with zero attached hydrogens (tertiary/aromatic N) is 1. The SMILES string of the molecule is CCCOC(=O)c1cc[n+](C)cc1.[I-]. The molecule has 0 atom stereocenters. The first-order valence-corrected chi connectivity index (χ1v) is 4.36. The first-order valence-electron chi connectivity index (χ1n) is 4.36. The van der Waals surface area contributed by atoms with Gasteiger partial charge < -0.3 is 28.7 Å². The summed E-state index contributed by atoms with van der Waals surface area (Å²) in [4.78, 5) is 11.3. The topological polar surface area (TPSA) is 30.2 Å². The number of halogens is 1. The summed E-state index contributed by atoms with van der Waals surface area (Å²) >= 11 is 0. The fourth-order valence-electron chi connectivity index (χ4n) is 0.915. The minimum atomic E-state index is -0.248. The molecular weight excluding hydrogens is 293 g/mol. The van der Waals surface area contributed by atoms with Crippen LogP contribution in [0.3, 0.4) is 0 Å². The Labute approximate surface area is 101 Å². The van der Waals surface area contributed by atoms with Gasteiger partial charge in [0.05, 0.1) is 12.2 Å². The minimum absolute atomic E-state index is 0. The fraction of sp³-hybridized carbons (Fsp3) is 0.400. The molecule has 0 saturated carbocycles. The van der Waals surface area contributed by atoms with Crippen molar-refractivity contribution in [1.29, 1.82) is 0 Å². The van der Waals surface area contributed by atoms with Crippen molar-refractivity contribution >= 4 is 5.97 Å². The van der Waals surface area contributed by atoms with Gasteiger partial charge in [-0.05, 0) is 6.42 Å². The third kappa shape index (κ3) is 4.04. The van der Waals surface area contributed by atoms with Gasteiger partial charge in [0, 0.05) is 12.1 Å². The Morgan fingerprint density at radius 3 is 2.50 bits per heavy atom. The lowest BCUT2D eigenvalue weighted by Crippen LogP contribution is -3.00. The maximum atomic E-state index is 11.3. The molecule has 0 radical (unpaired) electrons. The maximum Gasteiger partial charge on any atom is 0.338 e. The van der Waals surface area contributed by atoms with Crippen LogP contribution >= 0.6 is 0 Å². The Morgan fingerprint density at radius 1 is 1.43 bits per heavy atom. The maximum absolute atomic E-state index is 11.3. The molecule has 0 aliphatic carbocycles. The predicted octanol–water partition coefficient (Wildman–Crippen LogP) is -1.92. The summed E-state index contributed by atoms with van der Waals surface area (Å²) in [5, 5.41) is 0. The highest BCUT2D eigenvalue weighted by Gasteiger charge is 2.06. The van der Waals surface area contributed by atoms with Crippen molar-refractivity contribution in [3.8, 4) is 0 Å². The van der Waals surface area contributed by atoms with E-state index in [-0.39, 0.29) is 29.9 Å². The van der Waals surface area contributed by atoms with E-state index in [2.05, 4.69) is 0 Å². The van der Waals surface area contributed by atoms with E-state index in [1.54, 1.807) is 12.1 Å². The molecule has 78 valence electrons. The van der Waals surface area contributed by atoms with Crippen LogP contribution in [0.1, 0.15) is 23.7 Å². The van der Waals surface area contributed by atoms with Crippen molar-refractivity contribution < 1.29 is 38.1 Å². The Bertz CT molecular complexity index is 285. The fourth-order valence-corrected chi connectivity index (χ4v) is 0.915. The minimum Gasteiger partial charge on any atom is -1.00 e. The van der Waals surface area contributed by atoms with E-state index < -0.39 is 0 Å². The predicted molar refractivity (Wildman–Crippen MR) is 48.2 cm³/mol. The molecule has 0 aromatic carbocycles. The van der Waals surface area contributed by atoms with Crippen molar-refractivity contribution in [3.05, 3.63) is 30.1 Å². The van der Waals surface area contributed by atoms with Crippen molar-refractivity contribution in [2.75, 3.05) is 6.61 Å². The number of carbonyl (C=O) groups excluding carboxylic acids is 1. The Hall–Kier alpha value is -0.650. The van der Waals surface area contributed by atoms with Crippen LogP contribution in [0.15, 0.2) is 24.5 Å². The van der Waals surface area contributed by atoms with Gasteiger partial charge >= 0.3 is 5.97 Å². The molecule has 0 spiro atoms. The molecule has 0 amide bonds. The van der Waals surface area contributed by atoms with Gasteiger partial charge in [-0.25, -0.2) is 9.36 Å². The quantitative estimate of drug-likeness (QED) is 0.370. The number of aryl methyl sites for hydroxylation is 1. The highest BCUT2D eigenvalue weighted by Crippen LogP contribution is 1.98. The van der Waals surface area contributed by atoms with Crippen molar-refractivity contribution in [2.24, 2.45) is 7.05 Å². The number of pyridine rings is 1. The molecule has 0 aliphatic rings. The molecule has 3 nitrogen and oxygen atoms in total. The van der Waals surface area contributed by atoms with E-state index in [0.29, 0.717) is 12.2 Å². The third-order valence-corrected chi connectivity index (χ3v) is 1.65. The molecule has 0 bridgehead atoms. The molecular formula is C10H14INO2. The Kier molecular flexibility index (Phi) is 6.44. The van der Waals surface area contributed by atoms with Gasteiger partial charge in [-0.15, -0.1) is 0 Å². The average molecular weight is 307 g/mol. The summed E-state index contributed by atoms with van der Waals surface area (Å²) in [5.74, 6) is -0.248. The van der Waals surface area contributed by atoms with E-state index in [0.717, 1.165) is 6.42 Å². The lowest BCUT2D eigenvalue weighted by Gasteiger charge is -2.00.